The molecule has 1 unspecified atom stereocenters. The van der Waals surface area contributed by atoms with E-state index in [4.69, 9.17) is 68.5 Å². The lowest BCUT2D eigenvalue weighted by Gasteiger charge is -2.44. The molecule has 12 aromatic rings. The van der Waals surface area contributed by atoms with Crippen molar-refractivity contribution in [3.63, 3.8) is 0 Å². The summed E-state index contributed by atoms with van der Waals surface area (Å²) >= 11 is 21.2. The number of aromatic amines is 1. The van der Waals surface area contributed by atoms with Crippen molar-refractivity contribution in [1.29, 1.82) is 0 Å². The third-order valence-electron chi connectivity index (χ3n) is 21.7. The molecule has 700 valence electrons. The van der Waals surface area contributed by atoms with Crippen molar-refractivity contribution in [3.05, 3.63) is 251 Å². The lowest BCUT2D eigenvalue weighted by atomic mass is 10.0. The summed E-state index contributed by atoms with van der Waals surface area (Å²) in [6.45, 7) is 38.3. The molecule has 0 spiro atoms. The Hall–Kier alpha value is -9.43. The van der Waals surface area contributed by atoms with Crippen LogP contribution in [0.3, 0.4) is 0 Å². The zero-order valence-corrected chi connectivity index (χ0v) is 79.0. The minimum absolute atomic E-state index is 0. The van der Waals surface area contributed by atoms with Crippen molar-refractivity contribution < 1.29 is 56.3 Å². The number of rotatable bonds is 25. The number of hydrogen-bond donors (Lipinski definition) is 2. The first-order valence-corrected chi connectivity index (χ1v) is 46.8. The predicted octanol–water partition coefficient (Wildman–Crippen LogP) is 29.2. The standard InChI is InChI=1S/C35H46ClFN4O4Si.C22H19ClFN3O.C18H18ClFN2O3.C17H27IN2OSi.7CH4/c1-21(2)46(22(3)4,23(5)6)41-20-28(27-17-25(44-10)18-38-33(27)41)31(42)26-15-16-30(39-32(26)37)40(34(43)45-35(7,8)9)19-24-13-11-12-14-29(24)36;1-28-18-11-19-16(12-25-22(19)26-13-18)10-15-7-9-17(27-21(15)24)8-6-14-4-2-3-5-20(14)23;1-18(2,3)25-17(24)22(10-12-6-4-5-7-14(12)19)15-9-8-13(11-23)16(20)21-15;1-11(2)22(12(3)4,13(5)6)20-10-16(18)15-8-14(21-7)9-19-17(15)20;;;;;;;/h11-18,20-23,31,42H,19H2,1-10H3;2-5,7,9,11-13H,6,8,10H2,1H3,(H,25,26);4-9,11H,10H2,1-3H3;8-13H,1-7H3;7*1H4. The number of nitrogens with one attached hydrogen (secondary N) is 1. The second-order valence-corrected chi connectivity index (χ2v) is 47.4. The van der Waals surface area contributed by atoms with Crippen LogP contribution in [0.1, 0.15) is 238 Å². The molecule has 20 nitrogen and oxygen atoms in total. The number of carbonyl (C=O) groups is 3. The Morgan fingerprint density at radius 3 is 1.31 bits per heavy atom. The van der Waals surface area contributed by atoms with E-state index in [0.29, 0.717) is 107 Å². The number of H-pyrrole nitrogens is 1. The number of amides is 2. The molecule has 0 radical (unpaired) electrons. The number of fused-ring (bicyclic) bond motifs is 3. The summed E-state index contributed by atoms with van der Waals surface area (Å²) in [5.41, 5.74) is 8.92. The topological polar surface area (TPSA) is 227 Å². The number of aliphatic hydroxyl groups is 1. The summed E-state index contributed by atoms with van der Waals surface area (Å²) in [5.74, 6) is -0.227. The molecule has 29 heteroatoms. The molecule has 3 aromatic carbocycles. The van der Waals surface area contributed by atoms with Crippen molar-refractivity contribution in [3.8, 4) is 17.2 Å². The first-order chi connectivity index (χ1) is 57.1. The number of benzene rings is 3. The van der Waals surface area contributed by atoms with Gasteiger partial charge in [0.2, 0.25) is 17.8 Å². The van der Waals surface area contributed by atoms with Crippen LogP contribution in [0.4, 0.5) is 34.4 Å². The summed E-state index contributed by atoms with van der Waals surface area (Å²) in [4.78, 5) is 68.1. The Morgan fingerprint density at radius 2 is 0.898 bits per heavy atom. The fourth-order valence-electron chi connectivity index (χ4n) is 16.4. The monoisotopic (exact) mass is 1970 g/mol. The molecule has 9 heterocycles. The molecular weight excluding hydrogens is 1830 g/mol. The molecule has 0 saturated heterocycles. The zero-order chi connectivity index (χ0) is 88.9. The number of aldehydes is 1. The highest BCUT2D eigenvalue weighted by Crippen LogP contribution is 2.48. The largest absolute Gasteiger partial charge is 0.495 e. The molecule has 9 aromatic heterocycles. The van der Waals surface area contributed by atoms with Gasteiger partial charge in [0, 0.05) is 82.2 Å². The van der Waals surface area contributed by atoms with E-state index < -0.39 is 63.8 Å². The Morgan fingerprint density at radius 1 is 0.492 bits per heavy atom. The first kappa shape index (κ1) is 115. The molecule has 0 bridgehead atoms. The van der Waals surface area contributed by atoms with Crippen LogP contribution >= 0.6 is 57.4 Å². The predicted molar refractivity (Wildman–Crippen MR) is 539 cm³/mol. The molecule has 0 fully saturated rings. The summed E-state index contributed by atoms with van der Waals surface area (Å²) in [7, 11) is 0.780. The Bertz CT molecular complexity index is 5560. The summed E-state index contributed by atoms with van der Waals surface area (Å²) < 4.78 is 77.7. The van der Waals surface area contributed by atoms with Crippen LogP contribution in [0.25, 0.3) is 33.1 Å². The van der Waals surface area contributed by atoms with Crippen molar-refractivity contribution in [2.75, 3.05) is 31.1 Å². The van der Waals surface area contributed by atoms with E-state index in [1.165, 1.54) is 43.0 Å². The van der Waals surface area contributed by atoms with Crippen molar-refractivity contribution >= 4 is 137 Å². The van der Waals surface area contributed by atoms with E-state index in [1.54, 1.807) is 130 Å². The third-order valence-corrected chi connectivity index (χ3v) is 37.1. The highest BCUT2D eigenvalue weighted by atomic mass is 127. The van der Waals surface area contributed by atoms with Gasteiger partial charge in [-0.15, -0.1) is 0 Å². The Kier molecular flexibility index (Phi) is 44.4. The molecule has 0 aliphatic heterocycles. The molecule has 128 heavy (non-hydrogen) atoms. The number of pyridine rings is 6. The van der Waals surface area contributed by atoms with Gasteiger partial charge in [0.1, 0.15) is 63.1 Å². The lowest BCUT2D eigenvalue weighted by molar-refractivity contribution is 0.0565. The molecular formula is C99H138Cl3F3IN11O9Si2. The van der Waals surface area contributed by atoms with E-state index in [2.05, 4.69) is 151 Å². The van der Waals surface area contributed by atoms with Gasteiger partial charge in [-0.3, -0.25) is 14.6 Å². The van der Waals surface area contributed by atoms with Crippen molar-refractivity contribution in [1.82, 2.24) is 43.4 Å². The molecule has 2 amide bonds. The second kappa shape index (κ2) is 49.5. The van der Waals surface area contributed by atoms with E-state index in [1.807, 2.05) is 61.1 Å². The van der Waals surface area contributed by atoms with E-state index >= 15 is 4.39 Å². The number of aryl methyl sites for hydroxylation is 2. The van der Waals surface area contributed by atoms with Gasteiger partial charge in [-0.2, -0.15) is 13.2 Å². The van der Waals surface area contributed by atoms with Gasteiger partial charge in [-0.25, -0.2) is 39.5 Å². The third kappa shape index (κ3) is 26.7. The fourth-order valence-corrected chi connectivity index (χ4v) is 31.1. The van der Waals surface area contributed by atoms with Crippen molar-refractivity contribution in [2.45, 2.75) is 260 Å². The number of carbonyl (C=O) groups excluding carboxylic acids is 3. The normalized spacial score (nSPS) is 11.5. The summed E-state index contributed by atoms with van der Waals surface area (Å²) in [6, 6.07) is 36.9. The molecule has 2 N–H and O–H groups in total. The number of hydrogen-bond acceptors (Lipinski definition) is 15. The molecule has 1 atom stereocenters. The van der Waals surface area contributed by atoms with Gasteiger partial charge >= 0.3 is 12.2 Å². The minimum Gasteiger partial charge on any atom is -0.495 e. The first-order valence-electron chi connectivity index (χ1n) is 40.2. The van der Waals surface area contributed by atoms with Crippen LogP contribution in [0.15, 0.2) is 165 Å². The minimum atomic E-state index is -2.31. The maximum atomic E-state index is 16.0. The Labute approximate surface area is 790 Å². The van der Waals surface area contributed by atoms with Gasteiger partial charge in [0.05, 0.1) is 58.6 Å². The highest BCUT2D eigenvalue weighted by Gasteiger charge is 2.48. The number of aromatic nitrogens is 9. The fraction of sp³-hybridized carbons (Fsp3) is 0.424. The average Bonchev–Trinajstić information content (AvgIpc) is 1.56. The van der Waals surface area contributed by atoms with Crippen LogP contribution in [0.2, 0.25) is 48.3 Å². The van der Waals surface area contributed by atoms with Crippen LogP contribution in [-0.2, 0) is 41.8 Å². The Balaban J connectivity index is 0.000000592. The van der Waals surface area contributed by atoms with E-state index in [0.717, 1.165) is 50.6 Å². The maximum Gasteiger partial charge on any atom is 0.416 e. The average molecular weight is 1970 g/mol. The number of anilines is 2. The highest BCUT2D eigenvalue weighted by molar-refractivity contribution is 14.1. The van der Waals surface area contributed by atoms with E-state index in [9.17, 15) is 28.3 Å². The lowest BCUT2D eigenvalue weighted by Crippen LogP contribution is -2.51. The number of aliphatic hydroxyl groups excluding tert-OH is 1. The zero-order valence-electron chi connectivity index (χ0n) is 72.6. The molecule has 0 aliphatic rings. The van der Waals surface area contributed by atoms with Gasteiger partial charge < -0.3 is 42.2 Å². The number of nitrogens with zero attached hydrogens (tertiary/aromatic N) is 10. The summed E-state index contributed by atoms with van der Waals surface area (Å²) in [6.07, 6.45) is 10.7. The van der Waals surface area contributed by atoms with Gasteiger partial charge in [-0.1, -0.05) is 231 Å². The SMILES string of the molecule is C.C.C.C.C.C.C.CC(C)(C)OC(=O)N(Cc1ccccc1Cl)c1ccc(C=O)c(F)n1.COc1cnc2[nH]cc(Cc3ccc(CCc4ccccc4Cl)nc3F)c2c1.COc1cnc2c(c1)c(C(O)c1ccc(N(Cc3ccccc3Cl)C(=O)OC(C)(C)C)nc1F)cn2[Si](C(C)C)(C(C)C)C(C)C.COc1cnc2c(c1)c(I)cn2[Si](C(C)C)(C(C)C)C(C)C. The van der Waals surface area contributed by atoms with Gasteiger partial charge in [-0.05, 0) is 199 Å². The van der Waals surface area contributed by atoms with Crippen LogP contribution < -0.4 is 24.0 Å². The smallest absolute Gasteiger partial charge is 0.416 e. The molecule has 0 saturated carbocycles. The number of methoxy groups -OCH3 is 3. The van der Waals surface area contributed by atoms with Crippen LogP contribution in [0, 0.1) is 21.4 Å². The quantitative estimate of drug-likeness (QED) is 0.0235. The van der Waals surface area contributed by atoms with Crippen LogP contribution in [0.5, 0.6) is 17.2 Å². The summed E-state index contributed by atoms with van der Waals surface area (Å²) in [5, 5.41) is 16.3. The second-order valence-electron chi connectivity index (χ2n) is 33.5. The van der Waals surface area contributed by atoms with Crippen LogP contribution in [-0.4, -0.2) is 116 Å². The molecule has 12 rings (SSSR count). The molecule has 0 aliphatic carbocycles. The number of halogens is 7. The van der Waals surface area contributed by atoms with Gasteiger partial charge in [0.25, 0.3) is 0 Å². The van der Waals surface area contributed by atoms with Gasteiger partial charge in [0.15, 0.2) is 22.8 Å². The van der Waals surface area contributed by atoms with E-state index in [-0.39, 0.29) is 87.8 Å². The maximum absolute atomic E-state index is 16.0. The van der Waals surface area contributed by atoms with Crippen molar-refractivity contribution in [2.24, 2.45) is 0 Å². The number of ether oxygens (including phenoxy) is 5.